The smallest absolute Gasteiger partial charge is 0.387 e. The van der Waals surface area contributed by atoms with Crippen LogP contribution in [0.4, 0.5) is 8.78 Å². The maximum absolute atomic E-state index is 12.5. The van der Waals surface area contributed by atoms with Crippen LogP contribution in [0, 0.1) is 0 Å². The minimum atomic E-state index is -2.91. The topological polar surface area (TPSA) is 67.4 Å². The zero-order valence-electron chi connectivity index (χ0n) is 15.4. The summed E-state index contributed by atoms with van der Waals surface area (Å²) in [5.41, 5.74) is 1.43. The first-order chi connectivity index (χ1) is 13.2. The second-order valence-electron chi connectivity index (χ2n) is 6.25. The lowest BCUT2D eigenvalue weighted by atomic mass is 10.0. The van der Waals surface area contributed by atoms with Crippen LogP contribution in [0.3, 0.4) is 0 Å². The predicted octanol–water partition coefficient (Wildman–Crippen LogP) is 4.50. The van der Waals surface area contributed by atoms with E-state index in [-0.39, 0.29) is 24.0 Å². The molecular weight excluding hydrogens is 434 g/mol. The lowest BCUT2D eigenvalue weighted by Gasteiger charge is -2.20. The molecule has 2 atom stereocenters. The summed E-state index contributed by atoms with van der Waals surface area (Å²) in [6.45, 7) is 0.220. The van der Waals surface area contributed by atoms with E-state index >= 15 is 0 Å². The molecule has 0 radical (unpaired) electrons. The van der Waals surface area contributed by atoms with Gasteiger partial charge in [-0.25, -0.2) is 0 Å². The predicted molar refractivity (Wildman–Crippen MR) is 105 cm³/mol. The van der Waals surface area contributed by atoms with Crippen LogP contribution in [-0.2, 0) is 9.59 Å². The van der Waals surface area contributed by atoms with Crippen molar-refractivity contribution in [1.82, 2.24) is 10.6 Å². The Hall–Kier alpha value is -2.48. The summed E-state index contributed by atoms with van der Waals surface area (Å²) in [6, 6.07) is 12.6. The Morgan fingerprint density at radius 3 is 2.36 bits per heavy atom. The minimum absolute atomic E-state index is 0.0274. The summed E-state index contributed by atoms with van der Waals surface area (Å²) >= 11 is 3.35. The molecule has 0 saturated carbocycles. The fourth-order valence-corrected chi connectivity index (χ4v) is 2.99. The highest BCUT2D eigenvalue weighted by atomic mass is 79.9. The number of hydrogen-bond donors (Lipinski definition) is 2. The molecule has 2 N–H and O–H groups in total. The molecule has 2 aromatic carbocycles. The van der Waals surface area contributed by atoms with Gasteiger partial charge in [0.1, 0.15) is 5.75 Å². The van der Waals surface area contributed by atoms with Gasteiger partial charge in [0.15, 0.2) is 0 Å². The van der Waals surface area contributed by atoms with Crippen LogP contribution in [0.15, 0.2) is 53.0 Å². The van der Waals surface area contributed by atoms with Gasteiger partial charge in [0.05, 0.1) is 18.5 Å². The summed E-state index contributed by atoms with van der Waals surface area (Å²) in [4.78, 5) is 24.0. The summed E-state index contributed by atoms with van der Waals surface area (Å²) in [5.74, 6) is -0.500. The standard InChI is InChI=1S/C20H21BrF2N2O3/c1-12(15-4-3-5-17(10-15)28-20(22)23)24-19(27)11-18(25-13(2)26)14-6-8-16(21)9-7-14/h3-10,12,18,20H,11H2,1-2H3,(H,24,27)(H,25,26). The van der Waals surface area contributed by atoms with Gasteiger partial charge in [0, 0.05) is 11.4 Å². The molecule has 0 bridgehead atoms. The lowest BCUT2D eigenvalue weighted by Crippen LogP contribution is -2.33. The van der Waals surface area contributed by atoms with E-state index in [1.807, 2.05) is 24.3 Å². The van der Waals surface area contributed by atoms with Gasteiger partial charge >= 0.3 is 6.61 Å². The highest BCUT2D eigenvalue weighted by Gasteiger charge is 2.19. The highest BCUT2D eigenvalue weighted by Crippen LogP contribution is 2.23. The van der Waals surface area contributed by atoms with Crippen molar-refractivity contribution in [3.05, 3.63) is 64.1 Å². The van der Waals surface area contributed by atoms with Crippen molar-refractivity contribution in [2.24, 2.45) is 0 Å². The zero-order chi connectivity index (χ0) is 20.7. The highest BCUT2D eigenvalue weighted by molar-refractivity contribution is 9.10. The van der Waals surface area contributed by atoms with E-state index in [1.165, 1.54) is 19.1 Å². The molecule has 2 rings (SSSR count). The number of nitrogens with one attached hydrogen (secondary N) is 2. The molecule has 2 aromatic rings. The summed E-state index contributed by atoms with van der Waals surface area (Å²) in [7, 11) is 0. The maximum atomic E-state index is 12.5. The first-order valence-electron chi connectivity index (χ1n) is 8.61. The van der Waals surface area contributed by atoms with E-state index in [2.05, 4.69) is 31.3 Å². The van der Waals surface area contributed by atoms with Crippen LogP contribution in [-0.4, -0.2) is 18.4 Å². The quantitative estimate of drug-likeness (QED) is 0.617. The average Bonchev–Trinajstić information content (AvgIpc) is 2.61. The van der Waals surface area contributed by atoms with Crippen molar-refractivity contribution in [3.63, 3.8) is 0 Å². The first kappa shape index (κ1) is 21.8. The van der Waals surface area contributed by atoms with Crippen molar-refractivity contribution < 1.29 is 23.1 Å². The largest absolute Gasteiger partial charge is 0.435 e. The number of carbonyl (C=O) groups excluding carboxylic acids is 2. The molecule has 2 amide bonds. The third-order valence-electron chi connectivity index (χ3n) is 4.00. The van der Waals surface area contributed by atoms with Gasteiger partial charge < -0.3 is 15.4 Å². The Bertz CT molecular complexity index is 815. The van der Waals surface area contributed by atoms with Crippen LogP contribution in [0.1, 0.15) is 43.5 Å². The molecule has 8 heteroatoms. The molecule has 0 saturated heterocycles. The van der Waals surface area contributed by atoms with E-state index in [9.17, 15) is 18.4 Å². The second-order valence-corrected chi connectivity index (χ2v) is 7.16. The Balaban J connectivity index is 2.05. The average molecular weight is 455 g/mol. The zero-order valence-corrected chi connectivity index (χ0v) is 17.0. The first-order valence-corrected chi connectivity index (χ1v) is 9.40. The molecule has 0 aliphatic carbocycles. The van der Waals surface area contributed by atoms with Gasteiger partial charge in [-0.15, -0.1) is 0 Å². The molecule has 2 unspecified atom stereocenters. The van der Waals surface area contributed by atoms with Crippen molar-refractivity contribution in [3.8, 4) is 5.75 Å². The van der Waals surface area contributed by atoms with Crippen LogP contribution < -0.4 is 15.4 Å². The van der Waals surface area contributed by atoms with Crippen LogP contribution in [0.2, 0.25) is 0 Å². The van der Waals surface area contributed by atoms with Crippen LogP contribution >= 0.6 is 15.9 Å². The van der Waals surface area contributed by atoms with Crippen LogP contribution in [0.5, 0.6) is 5.75 Å². The minimum Gasteiger partial charge on any atom is -0.435 e. The third kappa shape index (κ3) is 6.92. The van der Waals surface area contributed by atoms with E-state index in [4.69, 9.17) is 0 Å². The molecule has 28 heavy (non-hydrogen) atoms. The van der Waals surface area contributed by atoms with E-state index in [0.717, 1.165) is 10.0 Å². The SMILES string of the molecule is CC(=O)NC(CC(=O)NC(C)c1cccc(OC(F)F)c1)c1ccc(Br)cc1. The Kier molecular flexibility index (Phi) is 7.92. The molecule has 0 spiro atoms. The molecule has 0 aliphatic rings. The molecule has 0 aromatic heterocycles. The van der Waals surface area contributed by atoms with E-state index in [0.29, 0.717) is 5.56 Å². The number of rotatable bonds is 8. The number of halogens is 3. The van der Waals surface area contributed by atoms with Gasteiger partial charge in [-0.2, -0.15) is 8.78 Å². The van der Waals surface area contributed by atoms with Gasteiger partial charge in [0.25, 0.3) is 0 Å². The summed E-state index contributed by atoms with van der Waals surface area (Å²) in [5, 5.41) is 5.59. The number of benzene rings is 2. The summed E-state index contributed by atoms with van der Waals surface area (Å²) in [6.07, 6.45) is 0.0405. The monoisotopic (exact) mass is 454 g/mol. The Morgan fingerprint density at radius 1 is 1.07 bits per heavy atom. The number of hydrogen-bond acceptors (Lipinski definition) is 3. The molecule has 0 heterocycles. The number of alkyl halides is 2. The number of ether oxygens (including phenoxy) is 1. The van der Waals surface area contributed by atoms with Crippen LogP contribution in [0.25, 0.3) is 0 Å². The third-order valence-corrected chi connectivity index (χ3v) is 4.53. The van der Waals surface area contributed by atoms with Crippen molar-refractivity contribution in [2.45, 2.75) is 39.0 Å². The molecule has 0 aliphatic heterocycles. The van der Waals surface area contributed by atoms with Gasteiger partial charge in [-0.05, 0) is 42.3 Å². The second kappa shape index (κ2) is 10.2. The van der Waals surface area contributed by atoms with Gasteiger partial charge in [-0.3, -0.25) is 9.59 Å². The van der Waals surface area contributed by atoms with Crippen molar-refractivity contribution >= 4 is 27.7 Å². The molecule has 5 nitrogen and oxygen atoms in total. The van der Waals surface area contributed by atoms with Gasteiger partial charge in [0.2, 0.25) is 11.8 Å². The van der Waals surface area contributed by atoms with Crippen molar-refractivity contribution in [2.75, 3.05) is 0 Å². The molecule has 0 fully saturated rings. The van der Waals surface area contributed by atoms with E-state index in [1.54, 1.807) is 19.1 Å². The maximum Gasteiger partial charge on any atom is 0.387 e. The Labute approximate surface area is 170 Å². The molecule has 150 valence electrons. The summed E-state index contributed by atoms with van der Waals surface area (Å²) < 4.78 is 30.0. The fourth-order valence-electron chi connectivity index (χ4n) is 2.72. The Morgan fingerprint density at radius 2 is 1.75 bits per heavy atom. The lowest BCUT2D eigenvalue weighted by molar-refractivity contribution is -0.123. The normalized spacial score (nSPS) is 12.9. The number of amides is 2. The van der Waals surface area contributed by atoms with Gasteiger partial charge in [-0.1, -0.05) is 40.2 Å². The van der Waals surface area contributed by atoms with Crippen molar-refractivity contribution in [1.29, 1.82) is 0 Å². The number of carbonyl (C=O) groups is 2. The fraction of sp³-hybridized carbons (Fsp3) is 0.300. The molecular formula is C20H21BrF2N2O3. The van der Waals surface area contributed by atoms with E-state index < -0.39 is 18.7 Å².